The molecule has 0 saturated heterocycles. The highest BCUT2D eigenvalue weighted by Crippen LogP contribution is 2.20. The van der Waals surface area contributed by atoms with Crippen molar-refractivity contribution in [3.05, 3.63) is 48.5 Å². The standard InChI is InChI=1S/C18H21N3O2S/c1-12(19-16-5-4-6-17(11-16)24-3)18(23)21-15-9-7-14(8-10-15)20-13(2)22/h4-12,19H,1-3H3,(H,20,22)(H,21,23)/t12-/m0/s1. The molecule has 6 heteroatoms. The van der Waals surface area contributed by atoms with Crippen molar-refractivity contribution < 1.29 is 9.59 Å². The van der Waals surface area contributed by atoms with Crippen LogP contribution in [0.4, 0.5) is 17.1 Å². The Morgan fingerprint density at radius 3 is 2.17 bits per heavy atom. The summed E-state index contributed by atoms with van der Waals surface area (Å²) < 4.78 is 0. The van der Waals surface area contributed by atoms with Gasteiger partial charge in [0.1, 0.15) is 6.04 Å². The number of anilines is 3. The van der Waals surface area contributed by atoms with Gasteiger partial charge < -0.3 is 16.0 Å². The number of hydrogen-bond donors (Lipinski definition) is 3. The van der Waals surface area contributed by atoms with Gasteiger partial charge >= 0.3 is 0 Å². The molecule has 1 atom stereocenters. The largest absolute Gasteiger partial charge is 0.374 e. The van der Waals surface area contributed by atoms with Gasteiger partial charge in [-0.1, -0.05) is 6.07 Å². The molecule has 0 aromatic heterocycles. The average Bonchev–Trinajstić information content (AvgIpc) is 2.56. The van der Waals surface area contributed by atoms with Crippen LogP contribution in [0.5, 0.6) is 0 Å². The van der Waals surface area contributed by atoms with Crippen molar-refractivity contribution in [3.63, 3.8) is 0 Å². The summed E-state index contributed by atoms with van der Waals surface area (Å²) in [5.74, 6) is -0.256. The first kappa shape index (κ1) is 17.9. The van der Waals surface area contributed by atoms with E-state index in [0.29, 0.717) is 11.4 Å². The Kier molecular flexibility index (Phi) is 6.26. The maximum atomic E-state index is 12.3. The van der Waals surface area contributed by atoms with Crippen LogP contribution in [-0.2, 0) is 9.59 Å². The third-order valence-electron chi connectivity index (χ3n) is 3.32. The Morgan fingerprint density at radius 2 is 1.58 bits per heavy atom. The third-order valence-corrected chi connectivity index (χ3v) is 4.04. The van der Waals surface area contributed by atoms with Gasteiger partial charge in [0.05, 0.1) is 0 Å². The Morgan fingerprint density at radius 1 is 0.958 bits per heavy atom. The van der Waals surface area contributed by atoms with Gasteiger partial charge in [-0.3, -0.25) is 9.59 Å². The average molecular weight is 343 g/mol. The predicted molar refractivity (Wildman–Crippen MR) is 101 cm³/mol. The summed E-state index contributed by atoms with van der Waals surface area (Å²) in [5.41, 5.74) is 2.28. The predicted octanol–water partition coefficient (Wildman–Crippen LogP) is 3.81. The normalized spacial score (nSPS) is 11.5. The van der Waals surface area contributed by atoms with Crippen molar-refractivity contribution in [2.75, 3.05) is 22.2 Å². The number of nitrogens with one attached hydrogen (secondary N) is 3. The van der Waals surface area contributed by atoms with Crippen LogP contribution in [0.3, 0.4) is 0 Å². The van der Waals surface area contributed by atoms with Crippen LogP contribution < -0.4 is 16.0 Å². The number of carbonyl (C=O) groups is 2. The lowest BCUT2D eigenvalue weighted by Gasteiger charge is -2.16. The van der Waals surface area contributed by atoms with Crippen LogP contribution in [0.1, 0.15) is 13.8 Å². The van der Waals surface area contributed by atoms with Crippen LogP contribution in [0, 0.1) is 0 Å². The highest BCUT2D eigenvalue weighted by molar-refractivity contribution is 7.98. The van der Waals surface area contributed by atoms with Crippen LogP contribution >= 0.6 is 11.8 Å². The lowest BCUT2D eigenvalue weighted by Crippen LogP contribution is -2.31. The third kappa shape index (κ3) is 5.31. The van der Waals surface area contributed by atoms with E-state index in [1.54, 1.807) is 36.0 Å². The number of carbonyl (C=O) groups excluding carboxylic acids is 2. The van der Waals surface area contributed by atoms with E-state index in [1.807, 2.05) is 37.4 Å². The molecule has 3 N–H and O–H groups in total. The van der Waals surface area contributed by atoms with E-state index in [0.717, 1.165) is 10.6 Å². The van der Waals surface area contributed by atoms with E-state index in [9.17, 15) is 9.59 Å². The molecule has 0 radical (unpaired) electrons. The summed E-state index contributed by atoms with van der Waals surface area (Å²) in [6, 6.07) is 14.6. The number of amides is 2. The minimum atomic E-state index is -0.378. The second-order valence-corrected chi connectivity index (χ2v) is 6.23. The van der Waals surface area contributed by atoms with Gasteiger partial charge in [-0.25, -0.2) is 0 Å². The minimum Gasteiger partial charge on any atom is -0.374 e. The fourth-order valence-electron chi connectivity index (χ4n) is 2.12. The zero-order valence-corrected chi connectivity index (χ0v) is 14.7. The summed E-state index contributed by atoms with van der Waals surface area (Å²) in [5, 5.41) is 8.73. The fourth-order valence-corrected chi connectivity index (χ4v) is 2.58. The Bertz CT molecular complexity index is 716. The van der Waals surface area contributed by atoms with Gasteiger partial charge in [0, 0.05) is 28.9 Å². The molecule has 0 saturated carbocycles. The Labute approximate surface area is 146 Å². The summed E-state index contributed by atoms with van der Waals surface area (Å²) in [7, 11) is 0. The highest BCUT2D eigenvalue weighted by atomic mass is 32.2. The molecule has 2 rings (SSSR count). The molecule has 2 aromatic rings. The molecule has 2 aromatic carbocycles. The van der Waals surface area contributed by atoms with Gasteiger partial charge in [-0.05, 0) is 55.6 Å². The van der Waals surface area contributed by atoms with Crippen LogP contribution in [-0.4, -0.2) is 24.1 Å². The van der Waals surface area contributed by atoms with Gasteiger partial charge in [-0.2, -0.15) is 0 Å². The van der Waals surface area contributed by atoms with Crippen molar-refractivity contribution >= 4 is 40.6 Å². The first-order valence-electron chi connectivity index (χ1n) is 7.57. The molecule has 24 heavy (non-hydrogen) atoms. The Balaban J connectivity index is 1.94. The molecular formula is C18H21N3O2S. The van der Waals surface area contributed by atoms with E-state index in [1.165, 1.54) is 6.92 Å². The first-order chi connectivity index (χ1) is 11.5. The van der Waals surface area contributed by atoms with E-state index >= 15 is 0 Å². The maximum Gasteiger partial charge on any atom is 0.246 e. The number of benzene rings is 2. The quantitative estimate of drug-likeness (QED) is 0.698. The topological polar surface area (TPSA) is 70.2 Å². The molecule has 0 aliphatic heterocycles. The molecule has 0 aliphatic carbocycles. The molecule has 0 unspecified atom stereocenters. The molecule has 0 spiro atoms. The van der Waals surface area contributed by atoms with Crippen LogP contribution in [0.15, 0.2) is 53.4 Å². The number of hydrogen-bond acceptors (Lipinski definition) is 4. The van der Waals surface area contributed by atoms with Crippen molar-refractivity contribution in [1.29, 1.82) is 0 Å². The minimum absolute atomic E-state index is 0.128. The molecule has 0 heterocycles. The van der Waals surface area contributed by atoms with E-state index < -0.39 is 0 Å². The van der Waals surface area contributed by atoms with Crippen molar-refractivity contribution in [3.8, 4) is 0 Å². The Hall–Kier alpha value is -2.47. The zero-order chi connectivity index (χ0) is 17.5. The molecule has 2 amide bonds. The smallest absolute Gasteiger partial charge is 0.246 e. The van der Waals surface area contributed by atoms with Gasteiger partial charge in [-0.15, -0.1) is 11.8 Å². The summed E-state index contributed by atoms with van der Waals surface area (Å²) in [6.07, 6.45) is 2.01. The SMILES string of the molecule is CSc1cccc(N[C@@H](C)C(=O)Nc2ccc(NC(C)=O)cc2)c1. The van der Waals surface area contributed by atoms with Gasteiger partial charge in [0.2, 0.25) is 11.8 Å². The van der Waals surface area contributed by atoms with Gasteiger partial charge in [0.15, 0.2) is 0 Å². The van der Waals surface area contributed by atoms with Crippen LogP contribution in [0.2, 0.25) is 0 Å². The van der Waals surface area contributed by atoms with Crippen molar-refractivity contribution in [2.24, 2.45) is 0 Å². The maximum absolute atomic E-state index is 12.3. The van der Waals surface area contributed by atoms with E-state index in [2.05, 4.69) is 16.0 Å². The lowest BCUT2D eigenvalue weighted by atomic mass is 10.2. The molecular weight excluding hydrogens is 322 g/mol. The molecule has 5 nitrogen and oxygen atoms in total. The second kappa shape index (κ2) is 8.40. The summed E-state index contributed by atoms with van der Waals surface area (Å²) in [6.45, 7) is 3.27. The molecule has 0 aliphatic rings. The number of rotatable bonds is 6. The summed E-state index contributed by atoms with van der Waals surface area (Å²) >= 11 is 1.66. The van der Waals surface area contributed by atoms with Crippen molar-refractivity contribution in [1.82, 2.24) is 0 Å². The molecule has 126 valence electrons. The number of thioether (sulfide) groups is 1. The monoisotopic (exact) mass is 343 g/mol. The zero-order valence-electron chi connectivity index (χ0n) is 13.9. The van der Waals surface area contributed by atoms with Crippen molar-refractivity contribution in [2.45, 2.75) is 24.8 Å². The van der Waals surface area contributed by atoms with Crippen LogP contribution in [0.25, 0.3) is 0 Å². The summed E-state index contributed by atoms with van der Waals surface area (Å²) in [4.78, 5) is 24.4. The fraction of sp³-hybridized carbons (Fsp3) is 0.222. The first-order valence-corrected chi connectivity index (χ1v) is 8.79. The molecule has 0 bridgehead atoms. The van der Waals surface area contributed by atoms with E-state index in [-0.39, 0.29) is 17.9 Å². The second-order valence-electron chi connectivity index (χ2n) is 5.35. The van der Waals surface area contributed by atoms with E-state index in [4.69, 9.17) is 0 Å². The molecule has 0 fully saturated rings. The van der Waals surface area contributed by atoms with Gasteiger partial charge in [0.25, 0.3) is 0 Å². The highest BCUT2D eigenvalue weighted by Gasteiger charge is 2.13. The lowest BCUT2D eigenvalue weighted by molar-refractivity contribution is -0.116.